The number of amides is 1. The highest BCUT2D eigenvalue weighted by atomic mass is 32.1. The lowest BCUT2D eigenvalue weighted by molar-refractivity contribution is 0.0951. The molecule has 2 heterocycles. The molecule has 0 bridgehead atoms. The predicted molar refractivity (Wildman–Crippen MR) is 63.8 cm³/mol. The molecule has 0 saturated carbocycles. The maximum absolute atomic E-state index is 11.6. The minimum atomic E-state index is -0.0161. The summed E-state index contributed by atoms with van der Waals surface area (Å²) >= 11 is 1.37. The van der Waals surface area contributed by atoms with Crippen LogP contribution in [-0.2, 0) is 0 Å². The maximum atomic E-state index is 11.6. The lowest BCUT2D eigenvalue weighted by Crippen LogP contribution is -2.46. The van der Waals surface area contributed by atoms with Crippen molar-refractivity contribution in [2.24, 2.45) is 0 Å². The topological polar surface area (TPSA) is 57.3 Å². The molecule has 1 amide bonds. The fourth-order valence-corrected chi connectivity index (χ4v) is 2.21. The first-order valence-corrected chi connectivity index (χ1v) is 6.34. The number of rotatable bonds is 4. The molecular formula is C10H16N4OS. The minimum Gasteiger partial charge on any atom is -0.350 e. The molecule has 0 aliphatic carbocycles. The molecule has 1 aromatic heterocycles. The number of nitrogens with one attached hydrogen (secondary N) is 2. The van der Waals surface area contributed by atoms with Gasteiger partial charge in [0.05, 0.1) is 11.7 Å². The normalized spacial score (nSPS) is 17.2. The Hall–Kier alpha value is -0.980. The van der Waals surface area contributed by atoms with Crippen molar-refractivity contribution in [1.29, 1.82) is 0 Å². The summed E-state index contributed by atoms with van der Waals surface area (Å²) in [5, 5.41) is 6.20. The van der Waals surface area contributed by atoms with Crippen molar-refractivity contribution in [2.75, 3.05) is 39.3 Å². The Morgan fingerprint density at radius 1 is 1.56 bits per heavy atom. The second-order valence-electron chi connectivity index (χ2n) is 3.71. The number of thiazole rings is 1. The summed E-state index contributed by atoms with van der Waals surface area (Å²) in [6, 6.07) is 0. The minimum absolute atomic E-state index is 0.0161. The Kier molecular flexibility index (Phi) is 4.26. The van der Waals surface area contributed by atoms with Crippen LogP contribution in [0.5, 0.6) is 0 Å². The van der Waals surface area contributed by atoms with E-state index in [1.807, 2.05) is 0 Å². The van der Waals surface area contributed by atoms with Crippen molar-refractivity contribution in [1.82, 2.24) is 20.5 Å². The first-order chi connectivity index (χ1) is 7.86. The van der Waals surface area contributed by atoms with Crippen molar-refractivity contribution in [3.63, 3.8) is 0 Å². The van der Waals surface area contributed by atoms with E-state index in [4.69, 9.17) is 0 Å². The quantitative estimate of drug-likeness (QED) is 0.764. The zero-order chi connectivity index (χ0) is 11.2. The van der Waals surface area contributed by atoms with E-state index in [1.165, 1.54) is 11.3 Å². The molecule has 6 heteroatoms. The fourth-order valence-electron chi connectivity index (χ4n) is 1.68. The van der Waals surface area contributed by atoms with Gasteiger partial charge in [0.15, 0.2) is 0 Å². The number of nitrogens with zero attached hydrogens (tertiary/aromatic N) is 2. The van der Waals surface area contributed by atoms with Crippen LogP contribution >= 0.6 is 11.3 Å². The zero-order valence-electron chi connectivity index (χ0n) is 9.11. The molecule has 1 aromatic rings. The predicted octanol–water partition coefficient (Wildman–Crippen LogP) is -0.222. The molecule has 16 heavy (non-hydrogen) atoms. The summed E-state index contributed by atoms with van der Waals surface area (Å²) in [7, 11) is 0. The monoisotopic (exact) mass is 240 g/mol. The van der Waals surface area contributed by atoms with E-state index in [-0.39, 0.29) is 5.91 Å². The van der Waals surface area contributed by atoms with Crippen molar-refractivity contribution in [3.05, 3.63) is 16.6 Å². The molecule has 0 spiro atoms. The van der Waals surface area contributed by atoms with Crippen molar-refractivity contribution >= 4 is 17.2 Å². The van der Waals surface area contributed by atoms with Gasteiger partial charge in [-0.15, -0.1) is 11.3 Å². The Bertz CT molecular complexity index is 322. The number of carbonyl (C=O) groups is 1. The fraction of sp³-hybridized carbons (Fsp3) is 0.600. The number of hydrogen-bond donors (Lipinski definition) is 2. The van der Waals surface area contributed by atoms with Crippen molar-refractivity contribution in [2.45, 2.75) is 0 Å². The molecule has 88 valence electrons. The summed E-state index contributed by atoms with van der Waals surface area (Å²) < 4.78 is 0. The summed E-state index contributed by atoms with van der Waals surface area (Å²) in [4.78, 5) is 18.5. The Morgan fingerprint density at radius 3 is 3.06 bits per heavy atom. The zero-order valence-corrected chi connectivity index (χ0v) is 9.92. The van der Waals surface area contributed by atoms with Gasteiger partial charge < -0.3 is 10.6 Å². The summed E-state index contributed by atoms with van der Waals surface area (Å²) in [6.07, 6.45) is 1.60. The van der Waals surface area contributed by atoms with Crippen LogP contribution in [0.25, 0.3) is 0 Å². The van der Waals surface area contributed by atoms with Gasteiger partial charge in [-0.2, -0.15) is 0 Å². The molecule has 0 radical (unpaired) electrons. The van der Waals surface area contributed by atoms with Crippen LogP contribution in [-0.4, -0.2) is 55.1 Å². The van der Waals surface area contributed by atoms with E-state index in [0.29, 0.717) is 11.4 Å². The van der Waals surface area contributed by atoms with E-state index in [1.54, 1.807) is 11.7 Å². The van der Waals surface area contributed by atoms with E-state index in [2.05, 4.69) is 20.5 Å². The van der Waals surface area contributed by atoms with Crippen LogP contribution < -0.4 is 10.6 Å². The average Bonchev–Trinajstić information content (AvgIpc) is 2.84. The number of piperazine rings is 1. The number of aromatic nitrogens is 1. The second kappa shape index (κ2) is 5.93. The maximum Gasteiger partial charge on any atom is 0.263 e. The highest BCUT2D eigenvalue weighted by Gasteiger charge is 2.10. The third-order valence-corrected chi connectivity index (χ3v) is 3.35. The van der Waals surface area contributed by atoms with E-state index >= 15 is 0 Å². The lowest BCUT2D eigenvalue weighted by atomic mass is 10.3. The van der Waals surface area contributed by atoms with Crippen LogP contribution in [0.2, 0.25) is 0 Å². The second-order valence-corrected chi connectivity index (χ2v) is 4.60. The third-order valence-electron chi connectivity index (χ3n) is 2.58. The Morgan fingerprint density at radius 2 is 2.38 bits per heavy atom. The van der Waals surface area contributed by atoms with Gasteiger partial charge in [-0.3, -0.25) is 14.7 Å². The molecular weight excluding hydrogens is 224 g/mol. The molecule has 0 aromatic carbocycles. The molecule has 2 rings (SSSR count). The van der Waals surface area contributed by atoms with Gasteiger partial charge in [-0.25, -0.2) is 0 Å². The van der Waals surface area contributed by atoms with Crippen LogP contribution in [0.4, 0.5) is 0 Å². The van der Waals surface area contributed by atoms with E-state index in [0.717, 1.165) is 32.7 Å². The smallest absolute Gasteiger partial charge is 0.263 e. The molecule has 1 aliphatic rings. The first-order valence-electron chi connectivity index (χ1n) is 5.46. The van der Waals surface area contributed by atoms with E-state index in [9.17, 15) is 4.79 Å². The highest BCUT2D eigenvalue weighted by Crippen LogP contribution is 2.04. The van der Waals surface area contributed by atoms with Gasteiger partial charge in [0, 0.05) is 39.3 Å². The molecule has 0 unspecified atom stereocenters. The van der Waals surface area contributed by atoms with Gasteiger partial charge in [0.25, 0.3) is 5.91 Å². The molecule has 1 fully saturated rings. The van der Waals surface area contributed by atoms with Gasteiger partial charge in [0.2, 0.25) is 0 Å². The van der Waals surface area contributed by atoms with Crippen LogP contribution in [0.15, 0.2) is 11.7 Å². The standard InChI is InChI=1S/C10H16N4OS/c15-10(9-7-12-8-16-9)13-3-6-14-4-1-11-2-5-14/h7-8,11H,1-6H2,(H,13,15). The van der Waals surface area contributed by atoms with Crippen molar-refractivity contribution in [3.8, 4) is 0 Å². The summed E-state index contributed by atoms with van der Waals surface area (Å²) in [5.74, 6) is -0.0161. The molecule has 1 saturated heterocycles. The largest absolute Gasteiger partial charge is 0.350 e. The average molecular weight is 240 g/mol. The molecule has 2 N–H and O–H groups in total. The highest BCUT2D eigenvalue weighted by molar-refractivity contribution is 7.11. The van der Waals surface area contributed by atoms with E-state index < -0.39 is 0 Å². The lowest BCUT2D eigenvalue weighted by Gasteiger charge is -2.26. The van der Waals surface area contributed by atoms with Crippen LogP contribution in [0.1, 0.15) is 9.67 Å². The number of hydrogen-bond acceptors (Lipinski definition) is 5. The first kappa shape index (κ1) is 11.5. The van der Waals surface area contributed by atoms with Gasteiger partial charge >= 0.3 is 0 Å². The van der Waals surface area contributed by atoms with Crippen LogP contribution in [0, 0.1) is 0 Å². The Labute approximate surface area is 98.9 Å². The molecule has 5 nitrogen and oxygen atoms in total. The van der Waals surface area contributed by atoms with Crippen LogP contribution in [0.3, 0.4) is 0 Å². The Balaban J connectivity index is 1.66. The van der Waals surface area contributed by atoms with Gasteiger partial charge in [-0.1, -0.05) is 0 Å². The summed E-state index contributed by atoms with van der Waals surface area (Å²) in [5.41, 5.74) is 1.67. The number of carbonyl (C=O) groups excluding carboxylic acids is 1. The molecule has 0 atom stereocenters. The van der Waals surface area contributed by atoms with Gasteiger partial charge in [0.1, 0.15) is 4.88 Å². The third kappa shape index (κ3) is 3.26. The van der Waals surface area contributed by atoms with Crippen molar-refractivity contribution < 1.29 is 4.79 Å². The molecule has 1 aliphatic heterocycles. The summed E-state index contributed by atoms with van der Waals surface area (Å²) in [6.45, 7) is 5.85. The SMILES string of the molecule is O=C(NCCN1CCNCC1)c1cncs1. The van der Waals surface area contributed by atoms with Gasteiger partial charge in [-0.05, 0) is 0 Å².